The Morgan fingerprint density at radius 1 is 1.35 bits per heavy atom. The van der Waals surface area contributed by atoms with Crippen molar-refractivity contribution in [3.05, 3.63) is 30.1 Å². The Kier molecular flexibility index (Phi) is 7.14. The van der Waals surface area contributed by atoms with Crippen molar-refractivity contribution in [1.82, 2.24) is 0 Å². The van der Waals surface area contributed by atoms with Gasteiger partial charge in [-0.1, -0.05) is 12.1 Å². The second-order valence-corrected chi connectivity index (χ2v) is 5.26. The van der Waals surface area contributed by atoms with Gasteiger partial charge in [-0.2, -0.15) is 0 Å². The highest BCUT2D eigenvalue weighted by Gasteiger charge is 2.28. The van der Waals surface area contributed by atoms with E-state index in [0.29, 0.717) is 6.54 Å². The first-order chi connectivity index (χ1) is 9.09. The van der Waals surface area contributed by atoms with Crippen molar-refractivity contribution < 1.29 is 47.4 Å². The summed E-state index contributed by atoms with van der Waals surface area (Å²) in [4.78, 5) is 0. The largest absolute Gasteiger partial charge is 1.00 e. The molecular weight excluding hydrogens is 376 g/mol. The molecule has 1 heterocycles. The fourth-order valence-electron chi connectivity index (χ4n) is 2.28. The number of aliphatic hydroxyl groups is 1. The summed E-state index contributed by atoms with van der Waals surface area (Å²) in [5.74, 6) is -0.215. The molecule has 0 spiro atoms. The molecule has 1 saturated heterocycles. The van der Waals surface area contributed by atoms with Crippen LogP contribution in [0, 0.1) is 5.82 Å². The van der Waals surface area contributed by atoms with Crippen LogP contribution in [0.1, 0.15) is 0 Å². The van der Waals surface area contributed by atoms with Gasteiger partial charge in [-0.05, 0) is 12.1 Å². The van der Waals surface area contributed by atoms with Gasteiger partial charge in [0.2, 0.25) is 0 Å². The van der Waals surface area contributed by atoms with E-state index in [9.17, 15) is 9.50 Å². The predicted octanol–water partition coefficient (Wildman–Crippen LogP) is -1.95. The van der Waals surface area contributed by atoms with Gasteiger partial charge in [0.15, 0.2) is 11.6 Å². The zero-order valence-corrected chi connectivity index (χ0v) is 13.8. The Balaban J connectivity index is 0.00000200. The third-order valence-electron chi connectivity index (χ3n) is 3.47. The molecule has 20 heavy (non-hydrogen) atoms. The van der Waals surface area contributed by atoms with Crippen LogP contribution in [-0.4, -0.2) is 62.2 Å². The first-order valence-corrected chi connectivity index (χ1v) is 6.56. The maximum atomic E-state index is 13.3. The summed E-state index contributed by atoms with van der Waals surface area (Å²) in [6.45, 7) is 3.91. The van der Waals surface area contributed by atoms with Gasteiger partial charge in [0, 0.05) is 0 Å². The summed E-state index contributed by atoms with van der Waals surface area (Å²) in [6, 6.07) is 6.23. The number of halogens is 2. The number of nitrogens with zero attached hydrogens (tertiary/aromatic N) is 1. The molecule has 0 amide bonds. The summed E-state index contributed by atoms with van der Waals surface area (Å²) < 4.78 is 24.7. The van der Waals surface area contributed by atoms with E-state index in [2.05, 4.69) is 7.05 Å². The number of aliphatic hydroxyl groups excluding tert-OH is 1. The van der Waals surface area contributed by atoms with Gasteiger partial charge in [0.1, 0.15) is 32.3 Å². The Labute approximate surface area is 136 Å². The quantitative estimate of drug-likeness (QED) is 0.464. The number of quaternary nitrogens is 1. The number of likely N-dealkylation sites (N-methyl/N-ethyl adjacent to an activating group) is 1. The summed E-state index contributed by atoms with van der Waals surface area (Å²) in [6.07, 6.45) is -0.609. The second kappa shape index (κ2) is 8.11. The number of rotatable bonds is 5. The smallest absolute Gasteiger partial charge is 0.165 e. The fraction of sp³-hybridized carbons (Fsp3) is 0.571. The normalized spacial score (nSPS) is 18.9. The molecule has 1 aromatic carbocycles. The average Bonchev–Trinajstić information content (AvgIpc) is 2.38. The second-order valence-electron chi connectivity index (χ2n) is 5.26. The molecule has 1 fully saturated rings. The van der Waals surface area contributed by atoms with E-state index in [0.717, 1.165) is 30.8 Å². The average molecular weight is 397 g/mol. The maximum Gasteiger partial charge on any atom is 0.165 e. The molecule has 4 nitrogen and oxygen atoms in total. The lowest BCUT2D eigenvalue weighted by atomic mass is 10.2. The number of ether oxygens (including phenoxy) is 2. The molecule has 1 unspecified atom stereocenters. The molecule has 0 aliphatic carbocycles. The Morgan fingerprint density at radius 2 is 2.00 bits per heavy atom. The molecule has 1 aliphatic rings. The van der Waals surface area contributed by atoms with Crippen molar-refractivity contribution in [3.8, 4) is 5.75 Å². The van der Waals surface area contributed by atoms with E-state index in [-0.39, 0.29) is 36.3 Å². The molecule has 1 atom stereocenters. The van der Waals surface area contributed by atoms with Crippen LogP contribution in [0.25, 0.3) is 0 Å². The van der Waals surface area contributed by atoms with E-state index in [1.54, 1.807) is 18.2 Å². The van der Waals surface area contributed by atoms with Gasteiger partial charge in [0.25, 0.3) is 0 Å². The van der Waals surface area contributed by atoms with Gasteiger partial charge in [0.05, 0.1) is 20.3 Å². The molecule has 0 radical (unpaired) electrons. The molecule has 2 rings (SSSR count). The molecule has 1 N–H and O–H groups in total. The van der Waals surface area contributed by atoms with Crippen molar-refractivity contribution in [1.29, 1.82) is 0 Å². The molecule has 0 saturated carbocycles. The minimum absolute atomic E-state index is 0. The first kappa shape index (κ1) is 17.6. The number of benzene rings is 1. The molecule has 114 valence electrons. The Hall–Kier alpha value is -0.440. The van der Waals surface area contributed by atoms with Crippen LogP contribution < -0.4 is 28.7 Å². The van der Waals surface area contributed by atoms with Gasteiger partial charge in [-0.25, -0.2) is 4.39 Å². The van der Waals surface area contributed by atoms with Gasteiger partial charge < -0.3 is 43.0 Å². The minimum Gasteiger partial charge on any atom is -1.00 e. The third kappa shape index (κ3) is 5.16. The monoisotopic (exact) mass is 397 g/mol. The molecule has 6 heteroatoms. The van der Waals surface area contributed by atoms with Gasteiger partial charge >= 0.3 is 0 Å². The van der Waals surface area contributed by atoms with Crippen LogP contribution >= 0.6 is 0 Å². The lowest BCUT2D eigenvalue weighted by Crippen LogP contribution is -3.00. The standard InChI is InChI=1S/C14H21FNO3.HI/c1-16(6-8-18-9-7-16)10-12(17)11-19-14-5-3-2-4-13(14)15;/h2-5,12,17H,6-11H2,1H3;1H/q+1;/p-1. The summed E-state index contributed by atoms with van der Waals surface area (Å²) in [5, 5.41) is 10.0. The summed E-state index contributed by atoms with van der Waals surface area (Å²) in [5.41, 5.74) is 0. The zero-order chi connectivity index (χ0) is 13.7. The highest BCUT2D eigenvalue weighted by atomic mass is 127. The first-order valence-electron chi connectivity index (χ1n) is 6.56. The predicted molar refractivity (Wildman–Crippen MR) is 69.5 cm³/mol. The number of morpholine rings is 1. The van der Waals surface area contributed by atoms with E-state index >= 15 is 0 Å². The number of hydrogen-bond acceptors (Lipinski definition) is 3. The van der Waals surface area contributed by atoms with Crippen LogP contribution in [0.5, 0.6) is 5.75 Å². The van der Waals surface area contributed by atoms with Crippen molar-refractivity contribution in [2.45, 2.75) is 6.10 Å². The van der Waals surface area contributed by atoms with Crippen LogP contribution in [0.4, 0.5) is 4.39 Å². The maximum absolute atomic E-state index is 13.3. The van der Waals surface area contributed by atoms with Gasteiger partial charge in [-0.3, -0.25) is 0 Å². The highest BCUT2D eigenvalue weighted by Crippen LogP contribution is 2.16. The summed E-state index contributed by atoms with van der Waals surface area (Å²) in [7, 11) is 2.09. The molecular formula is C14H21FINO3. The Bertz CT molecular complexity index is 413. The molecule has 0 bridgehead atoms. The van der Waals surface area contributed by atoms with Crippen molar-refractivity contribution in [2.75, 3.05) is 46.5 Å². The van der Waals surface area contributed by atoms with Crippen molar-refractivity contribution in [3.63, 3.8) is 0 Å². The van der Waals surface area contributed by atoms with Crippen molar-refractivity contribution >= 4 is 0 Å². The van der Waals surface area contributed by atoms with Crippen LogP contribution in [-0.2, 0) is 4.74 Å². The third-order valence-corrected chi connectivity index (χ3v) is 3.47. The van der Waals surface area contributed by atoms with Crippen molar-refractivity contribution in [2.24, 2.45) is 0 Å². The topological polar surface area (TPSA) is 38.7 Å². The molecule has 1 aliphatic heterocycles. The highest BCUT2D eigenvalue weighted by molar-refractivity contribution is 5.23. The number of hydrogen-bond donors (Lipinski definition) is 1. The SMILES string of the molecule is C[N+]1(CC(O)COc2ccccc2F)CCOCC1.[I-]. The fourth-order valence-corrected chi connectivity index (χ4v) is 2.28. The molecule has 1 aromatic rings. The lowest BCUT2D eigenvalue weighted by molar-refractivity contribution is -0.919. The van der Waals surface area contributed by atoms with E-state index in [1.165, 1.54) is 6.07 Å². The van der Waals surface area contributed by atoms with Crippen LogP contribution in [0.15, 0.2) is 24.3 Å². The van der Waals surface area contributed by atoms with Crippen LogP contribution in [0.3, 0.4) is 0 Å². The molecule has 0 aromatic heterocycles. The Morgan fingerprint density at radius 3 is 2.65 bits per heavy atom. The zero-order valence-electron chi connectivity index (χ0n) is 11.6. The van der Waals surface area contributed by atoms with E-state index in [4.69, 9.17) is 9.47 Å². The van der Waals surface area contributed by atoms with Crippen LogP contribution in [0.2, 0.25) is 0 Å². The lowest BCUT2D eigenvalue weighted by Gasteiger charge is -2.38. The van der Waals surface area contributed by atoms with E-state index < -0.39 is 11.9 Å². The van der Waals surface area contributed by atoms with E-state index in [1.807, 2.05) is 0 Å². The summed E-state index contributed by atoms with van der Waals surface area (Å²) >= 11 is 0. The van der Waals surface area contributed by atoms with Gasteiger partial charge in [-0.15, -0.1) is 0 Å². The minimum atomic E-state index is -0.609. The number of para-hydroxylation sites is 1.